The largest absolute Gasteiger partial charge is 0.396 e. The number of nitrogens with one attached hydrogen (secondary N) is 2. The topological polar surface area (TPSA) is 95.5 Å². The zero-order valence-corrected chi connectivity index (χ0v) is 11.9. The average molecular weight is 307 g/mol. The van der Waals surface area contributed by atoms with Gasteiger partial charge < -0.3 is 10.4 Å². The van der Waals surface area contributed by atoms with E-state index in [9.17, 15) is 13.2 Å². The van der Waals surface area contributed by atoms with E-state index in [0.29, 0.717) is 22.8 Å². The van der Waals surface area contributed by atoms with Crippen LogP contribution >= 0.6 is 11.6 Å². The van der Waals surface area contributed by atoms with Gasteiger partial charge in [0.1, 0.15) is 0 Å². The van der Waals surface area contributed by atoms with E-state index in [0.717, 1.165) is 6.26 Å². The lowest BCUT2D eigenvalue weighted by molar-refractivity contribution is -0.116. The first kappa shape index (κ1) is 15.7. The lowest BCUT2D eigenvalue weighted by Crippen LogP contribution is -2.13. The van der Waals surface area contributed by atoms with Gasteiger partial charge in [0, 0.05) is 13.0 Å². The van der Waals surface area contributed by atoms with Crippen molar-refractivity contribution in [2.24, 2.45) is 0 Å². The first-order valence-corrected chi connectivity index (χ1v) is 7.77. The predicted octanol–water partition coefficient (Wildman–Crippen LogP) is 1.42. The molecule has 3 N–H and O–H groups in total. The maximum atomic E-state index is 11.5. The Kier molecular flexibility index (Phi) is 5.59. The molecule has 106 valence electrons. The number of carbonyl (C=O) groups excluding carboxylic acids is 1. The molecule has 0 aromatic heterocycles. The van der Waals surface area contributed by atoms with Crippen LogP contribution in [-0.2, 0) is 14.8 Å². The van der Waals surface area contributed by atoms with Crippen molar-refractivity contribution >= 4 is 38.9 Å². The molecule has 0 aliphatic rings. The van der Waals surface area contributed by atoms with Crippen LogP contribution in [0, 0.1) is 0 Å². The van der Waals surface area contributed by atoms with Crippen molar-refractivity contribution in [3.8, 4) is 0 Å². The molecule has 8 heteroatoms. The summed E-state index contributed by atoms with van der Waals surface area (Å²) in [5, 5.41) is 11.5. The summed E-state index contributed by atoms with van der Waals surface area (Å²) in [4.78, 5) is 11.5. The lowest BCUT2D eigenvalue weighted by Gasteiger charge is -2.10. The molecule has 6 nitrogen and oxygen atoms in total. The van der Waals surface area contributed by atoms with Gasteiger partial charge in [-0.2, -0.15) is 0 Å². The molecule has 1 amide bonds. The van der Waals surface area contributed by atoms with Gasteiger partial charge in [-0.3, -0.25) is 9.52 Å². The molecule has 0 saturated carbocycles. The van der Waals surface area contributed by atoms with Crippen LogP contribution in [0.1, 0.15) is 12.8 Å². The molecule has 0 aliphatic carbocycles. The number of sulfonamides is 1. The number of benzene rings is 1. The Hall–Kier alpha value is -1.31. The van der Waals surface area contributed by atoms with E-state index in [2.05, 4.69) is 10.0 Å². The second kappa shape index (κ2) is 6.74. The summed E-state index contributed by atoms with van der Waals surface area (Å²) in [7, 11) is -3.39. The normalized spacial score (nSPS) is 11.1. The minimum atomic E-state index is -3.39. The summed E-state index contributed by atoms with van der Waals surface area (Å²) in [6.07, 6.45) is 1.54. The van der Waals surface area contributed by atoms with Gasteiger partial charge in [-0.25, -0.2) is 8.42 Å². The van der Waals surface area contributed by atoms with Gasteiger partial charge in [-0.05, 0) is 24.6 Å². The van der Waals surface area contributed by atoms with Crippen molar-refractivity contribution in [3.63, 3.8) is 0 Å². The minimum Gasteiger partial charge on any atom is -0.396 e. The molecule has 0 atom stereocenters. The number of halogens is 1. The van der Waals surface area contributed by atoms with Crippen LogP contribution in [0.5, 0.6) is 0 Å². The lowest BCUT2D eigenvalue weighted by atomic mass is 10.2. The van der Waals surface area contributed by atoms with Crippen molar-refractivity contribution < 1.29 is 18.3 Å². The number of anilines is 2. The van der Waals surface area contributed by atoms with Crippen molar-refractivity contribution in [1.29, 1.82) is 0 Å². The van der Waals surface area contributed by atoms with E-state index in [1.54, 1.807) is 0 Å². The van der Waals surface area contributed by atoms with E-state index in [1.807, 2.05) is 0 Å². The minimum absolute atomic E-state index is 0.0726. The number of carbonyl (C=O) groups is 1. The van der Waals surface area contributed by atoms with Crippen LogP contribution < -0.4 is 10.0 Å². The summed E-state index contributed by atoms with van der Waals surface area (Å²) in [5.74, 6) is -0.299. The van der Waals surface area contributed by atoms with Crippen LogP contribution in [0.4, 0.5) is 11.4 Å². The number of aliphatic hydroxyl groups is 1. The fourth-order valence-corrected chi connectivity index (χ4v) is 2.07. The van der Waals surface area contributed by atoms with Crippen molar-refractivity contribution in [1.82, 2.24) is 0 Å². The number of hydrogen-bond acceptors (Lipinski definition) is 4. The van der Waals surface area contributed by atoms with E-state index in [1.165, 1.54) is 18.2 Å². The highest BCUT2D eigenvalue weighted by Crippen LogP contribution is 2.26. The van der Waals surface area contributed by atoms with Crippen molar-refractivity contribution in [2.45, 2.75) is 12.8 Å². The number of aliphatic hydroxyl groups excluding tert-OH is 1. The first-order valence-electron chi connectivity index (χ1n) is 5.50. The van der Waals surface area contributed by atoms with E-state index in [-0.39, 0.29) is 18.9 Å². The summed E-state index contributed by atoms with van der Waals surface area (Å²) < 4.78 is 24.5. The zero-order chi connectivity index (χ0) is 14.5. The molecule has 0 saturated heterocycles. The van der Waals surface area contributed by atoms with Crippen molar-refractivity contribution in [2.75, 3.05) is 22.9 Å². The third kappa shape index (κ3) is 5.91. The highest BCUT2D eigenvalue weighted by atomic mass is 35.5. The van der Waals surface area contributed by atoms with Crippen LogP contribution in [0.2, 0.25) is 5.02 Å². The summed E-state index contributed by atoms with van der Waals surface area (Å²) >= 11 is 5.90. The molecular weight excluding hydrogens is 292 g/mol. The molecule has 0 aliphatic heterocycles. The molecule has 0 radical (unpaired) electrons. The van der Waals surface area contributed by atoms with Crippen LogP contribution in [0.3, 0.4) is 0 Å². The first-order chi connectivity index (χ1) is 8.81. The Labute approximate surface area is 116 Å². The maximum absolute atomic E-state index is 11.5. The number of amides is 1. The Morgan fingerprint density at radius 2 is 2.11 bits per heavy atom. The van der Waals surface area contributed by atoms with E-state index >= 15 is 0 Å². The van der Waals surface area contributed by atoms with Gasteiger partial charge in [0.05, 0.1) is 22.7 Å². The standard InChI is InChI=1S/C11H15ClN2O4S/c1-19(17,18)14-8-4-5-9(12)10(7-8)13-11(16)3-2-6-15/h4-5,7,14-15H,2-3,6H2,1H3,(H,13,16). The molecule has 1 aromatic rings. The highest BCUT2D eigenvalue weighted by Gasteiger charge is 2.08. The van der Waals surface area contributed by atoms with Crippen LogP contribution in [0.25, 0.3) is 0 Å². The molecule has 0 spiro atoms. The monoisotopic (exact) mass is 306 g/mol. The molecule has 0 bridgehead atoms. The Morgan fingerprint density at radius 1 is 1.42 bits per heavy atom. The van der Waals surface area contributed by atoms with Gasteiger partial charge in [0.25, 0.3) is 0 Å². The summed E-state index contributed by atoms with van der Waals surface area (Å²) in [5.41, 5.74) is 0.627. The number of hydrogen-bond donors (Lipinski definition) is 3. The zero-order valence-electron chi connectivity index (χ0n) is 10.3. The Balaban J connectivity index is 2.83. The Morgan fingerprint density at radius 3 is 2.68 bits per heavy atom. The molecule has 0 unspecified atom stereocenters. The SMILES string of the molecule is CS(=O)(=O)Nc1ccc(Cl)c(NC(=O)CCCO)c1. The fraction of sp³-hybridized carbons (Fsp3) is 0.364. The Bertz CT molecular complexity index is 560. The quantitative estimate of drug-likeness (QED) is 0.740. The van der Waals surface area contributed by atoms with E-state index < -0.39 is 10.0 Å². The molecule has 19 heavy (non-hydrogen) atoms. The van der Waals surface area contributed by atoms with Gasteiger partial charge in [-0.15, -0.1) is 0 Å². The summed E-state index contributed by atoms with van der Waals surface area (Å²) in [6.45, 7) is -0.0726. The molecular formula is C11H15ClN2O4S. The second-order valence-electron chi connectivity index (χ2n) is 3.94. The fourth-order valence-electron chi connectivity index (χ4n) is 1.35. The van der Waals surface area contributed by atoms with Gasteiger partial charge in [0.15, 0.2) is 0 Å². The van der Waals surface area contributed by atoms with Gasteiger partial charge in [0.2, 0.25) is 15.9 Å². The van der Waals surface area contributed by atoms with Crippen LogP contribution in [-0.4, -0.2) is 32.3 Å². The maximum Gasteiger partial charge on any atom is 0.229 e. The smallest absolute Gasteiger partial charge is 0.229 e. The second-order valence-corrected chi connectivity index (χ2v) is 6.10. The third-order valence-corrected chi connectivity index (χ3v) is 3.04. The summed E-state index contributed by atoms with van der Waals surface area (Å²) in [6, 6.07) is 4.41. The molecule has 1 aromatic carbocycles. The number of rotatable bonds is 6. The molecule has 0 heterocycles. The highest BCUT2D eigenvalue weighted by molar-refractivity contribution is 7.92. The molecule has 0 fully saturated rings. The van der Waals surface area contributed by atoms with E-state index in [4.69, 9.17) is 16.7 Å². The van der Waals surface area contributed by atoms with Gasteiger partial charge >= 0.3 is 0 Å². The van der Waals surface area contributed by atoms with Crippen molar-refractivity contribution in [3.05, 3.63) is 23.2 Å². The van der Waals surface area contributed by atoms with Gasteiger partial charge in [-0.1, -0.05) is 11.6 Å². The van der Waals surface area contributed by atoms with Crippen LogP contribution in [0.15, 0.2) is 18.2 Å². The third-order valence-electron chi connectivity index (χ3n) is 2.11. The predicted molar refractivity (Wildman–Crippen MR) is 74.9 cm³/mol. The molecule has 1 rings (SSSR count). The average Bonchev–Trinajstić information content (AvgIpc) is 2.29.